The van der Waals surface area contributed by atoms with E-state index in [9.17, 15) is 0 Å². The normalized spacial score (nSPS) is 10.8. The van der Waals surface area contributed by atoms with Crippen molar-refractivity contribution in [1.82, 2.24) is 9.66 Å². The Balaban J connectivity index is 1.82. The van der Waals surface area contributed by atoms with Gasteiger partial charge in [-0.2, -0.15) is 10.4 Å². The Bertz CT molecular complexity index is 898. The average Bonchev–Trinajstić information content (AvgIpc) is 2.91. The molecule has 0 bridgehead atoms. The summed E-state index contributed by atoms with van der Waals surface area (Å²) >= 11 is 0. The summed E-state index contributed by atoms with van der Waals surface area (Å²) in [5.74, 6) is 0.365. The van der Waals surface area contributed by atoms with Gasteiger partial charge in [-0.3, -0.25) is 0 Å². The van der Waals surface area contributed by atoms with Gasteiger partial charge in [-0.15, -0.1) is 0 Å². The maximum absolute atomic E-state index is 8.97. The Morgan fingerprint density at radius 1 is 1.17 bits per heavy atom. The number of hydrogen-bond donors (Lipinski definition) is 1. The number of hydrogen-bond acceptors (Lipinski definition) is 4. The Kier molecular flexibility index (Phi) is 3.89. The predicted molar refractivity (Wildman–Crippen MR) is 91.0 cm³/mol. The minimum Gasteiger partial charge on any atom is -0.368 e. The van der Waals surface area contributed by atoms with Gasteiger partial charge in [0.05, 0.1) is 29.7 Å². The minimum absolute atomic E-state index is 0.365. The Morgan fingerprint density at radius 2 is 1.96 bits per heavy atom. The van der Waals surface area contributed by atoms with Crippen molar-refractivity contribution in [3.05, 3.63) is 71.5 Å². The third kappa shape index (κ3) is 3.27. The fraction of sp³-hybridized carbons (Fsp3) is 0.0556. The highest BCUT2D eigenvalue weighted by molar-refractivity contribution is 5.81. The number of nitrogen functional groups attached to an aromatic ring is 1. The van der Waals surface area contributed by atoms with Crippen LogP contribution in [0.5, 0.6) is 0 Å². The molecular formula is C18H15N5. The molecule has 0 radical (unpaired) electrons. The number of nitrogens with two attached hydrogens (primary N) is 1. The van der Waals surface area contributed by atoms with Crippen molar-refractivity contribution < 1.29 is 0 Å². The largest absolute Gasteiger partial charge is 0.368 e. The first-order valence-corrected chi connectivity index (χ1v) is 7.12. The summed E-state index contributed by atoms with van der Waals surface area (Å²) in [4.78, 5) is 4.09. The molecule has 1 aromatic heterocycles. The van der Waals surface area contributed by atoms with Gasteiger partial charge in [0.2, 0.25) is 5.95 Å². The molecule has 3 aromatic rings. The Hall–Kier alpha value is -3.39. The zero-order valence-electron chi connectivity index (χ0n) is 12.6. The number of benzene rings is 2. The van der Waals surface area contributed by atoms with Crippen LogP contribution < -0.4 is 5.73 Å². The molecule has 0 aliphatic carbocycles. The zero-order valence-corrected chi connectivity index (χ0v) is 12.6. The van der Waals surface area contributed by atoms with Gasteiger partial charge < -0.3 is 5.73 Å². The summed E-state index contributed by atoms with van der Waals surface area (Å²) in [5, 5.41) is 13.3. The van der Waals surface area contributed by atoms with Crippen LogP contribution in [-0.4, -0.2) is 15.9 Å². The second kappa shape index (κ2) is 6.16. The molecule has 2 aromatic carbocycles. The summed E-state index contributed by atoms with van der Waals surface area (Å²) in [6.07, 6.45) is 3.50. The molecule has 0 saturated carbocycles. The standard InChI is InChI=1S/C18H15N5/c1-13-12-23(18(20)22-13)21-11-14-5-7-16(8-6-14)17-4-2-3-15(9-17)10-19/h2-9,11-12H,1H3,(H2,20,22). The van der Waals surface area contributed by atoms with Gasteiger partial charge in [0.15, 0.2) is 0 Å². The van der Waals surface area contributed by atoms with Crippen LogP contribution in [0.15, 0.2) is 59.8 Å². The summed E-state index contributed by atoms with van der Waals surface area (Å²) in [6.45, 7) is 1.87. The molecule has 2 N–H and O–H groups in total. The van der Waals surface area contributed by atoms with E-state index in [4.69, 9.17) is 11.0 Å². The minimum atomic E-state index is 0.365. The average molecular weight is 301 g/mol. The molecule has 1 heterocycles. The monoisotopic (exact) mass is 301 g/mol. The molecule has 3 rings (SSSR count). The summed E-state index contributed by atoms with van der Waals surface area (Å²) in [6, 6.07) is 17.6. The summed E-state index contributed by atoms with van der Waals surface area (Å²) in [5.41, 5.74) is 10.2. The van der Waals surface area contributed by atoms with Crippen molar-refractivity contribution in [3.8, 4) is 17.2 Å². The maximum atomic E-state index is 8.97. The van der Waals surface area contributed by atoms with E-state index in [0.29, 0.717) is 11.5 Å². The van der Waals surface area contributed by atoms with E-state index in [0.717, 1.165) is 22.4 Å². The van der Waals surface area contributed by atoms with Crippen LogP contribution >= 0.6 is 0 Å². The fourth-order valence-corrected chi connectivity index (χ4v) is 2.26. The smallest absolute Gasteiger partial charge is 0.221 e. The van der Waals surface area contributed by atoms with Gasteiger partial charge in [-0.05, 0) is 35.7 Å². The van der Waals surface area contributed by atoms with Crippen LogP contribution in [0.2, 0.25) is 0 Å². The molecule has 0 aliphatic rings. The van der Waals surface area contributed by atoms with E-state index < -0.39 is 0 Å². The van der Waals surface area contributed by atoms with Gasteiger partial charge in [-0.25, -0.2) is 9.66 Å². The molecule has 23 heavy (non-hydrogen) atoms. The van der Waals surface area contributed by atoms with Crippen molar-refractivity contribution >= 4 is 12.2 Å². The van der Waals surface area contributed by atoms with Crippen LogP contribution in [0, 0.1) is 18.3 Å². The molecular weight excluding hydrogens is 286 g/mol. The van der Waals surface area contributed by atoms with Gasteiger partial charge in [0, 0.05) is 0 Å². The number of rotatable bonds is 3. The van der Waals surface area contributed by atoms with Crippen molar-refractivity contribution in [2.45, 2.75) is 6.92 Å². The molecule has 0 saturated heterocycles. The lowest BCUT2D eigenvalue weighted by Gasteiger charge is -2.02. The lowest BCUT2D eigenvalue weighted by molar-refractivity contribution is 0.897. The second-order valence-corrected chi connectivity index (χ2v) is 5.14. The number of imidazole rings is 1. The van der Waals surface area contributed by atoms with Crippen LogP contribution in [0.4, 0.5) is 5.95 Å². The third-order valence-electron chi connectivity index (χ3n) is 3.40. The zero-order chi connectivity index (χ0) is 16.2. The summed E-state index contributed by atoms with van der Waals surface area (Å²) in [7, 11) is 0. The van der Waals surface area contributed by atoms with E-state index in [1.165, 1.54) is 0 Å². The SMILES string of the molecule is Cc1cn(N=Cc2ccc(-c3cccc(C#N)c3)cc2)c(N)n1. The molecule has 112 valence electrons. The quantitative estimate of drug-likeness (QED) is 0.754. The molecule has 0 fully saturated rings. The number of nitrogens with zero attached hydrogens (tertiary/aromatic N) is 4. The molecule has 0 spiro atoms. The van der Waals surface area contributed by atoms with Crippen molar-refractivity contribution in [2.75, 3.05) is 5.73 Å². The highest BCUT2D eigenvalue weighted by Gasteiger charge is 2.00. The first kappa shape index (κ1) is 14.5. The molecule has 0 atom stereocenters. The van der Waals surface area contributed by atoms with Crippen LogP contribution in [0.3, 0.4) is 0 Å². The van der Waals surface area contributed by atoms with Gasteiger partial charge in [0.25, 0.3) is 0 Å². The van der Waals surface area contributed by atoms with Gasteiger partial charge >= 0.3 is 0 Å². The van der Waals surface area contributed by atoms with Crippen LogP contribution in [-0.2, 0) is 0 Å². The van der Waals surface area contributed by atoms with Crippen molar-refractivity contribution in [2.24, 2.45) is 5.10 Å². The first-order chi connectivity index (χ1) is 11.2. The van der Waals surface area contributed by atoms with E-state index in [1.807, 2.05) is 49.4 Å². The lowest BCUT2D eigenvalue weighted by atomic mass is 10.0. The van der Waals surface area contributed by atoms with E-state index in [-0.39, 0.29) is 0 Å². The van der Waals surface area contributed by atoms with Crippen molar-refractivity contribution in [3.63, 3.8) is 0 Å². The first-order valence-electron chi connectivity index (χ1n) is 7.12. The molecule has 0 aliphatic heterocycles. The van der Waals surface area contributed by atoms with E-state index >= 15 is 0 Å². The molecule has 5 heteroatoms. The van der Waals surface area contributed by atoms with Crippen LogP contribution in [0.1, 0.15) is 16.8 Å². The number of aromatic nitrogens is 2. The summed E-state index contributed by atoms with van der Waals surface area (Å²) < 4.78 is 1.54. The van der Waals surface area contributed by atoms with Gasteiger partial charge in [-0.1, -0.05) is 36.4 Å². The predicted octanol–water partition coefficient (Wildman–Crippen LogP) is 3.19. The fourth-order valence-electron chi connectivity index (χ4n) is 2.26. The number of anilines is 1. The van der Waals surface area contributed by atoms with Crippen LogP contribution in [0.25, 0.3) is 11.1 Å². The molecule has 0 unspecified atom stereocenters. The highest BCUT2D eigenvalue weighted by atomic mass is 15.4. The Labute approximate surface area is 134 Å². The molecule has 5 nitrogen and oxygen atoms in total. The highest BCUT2D eigenvalue weighted by Crippen LogP contribution is 2.20. The topological polar surface area (TPSA) is 80.0 Å². The van der Waals surface area contributed by atoms with E-state index in [2.05, 4.69) is 16.2 Å². The Morgan fingerprint density at radius 3 is 2.61 bits per heavy atom. The second-order valence-electron chi connectivity index (χ2n) is 5.14. The number of aryl methyl sites for hydroxylation is 1. The van der Waals surface area contributed by atoms with E-state index in [1.54, 1.807) is 23.2 Å². The lowest BCUT2D eigenvalue weighted by Crippen LogP contribution is -1.96. The molecule has 0 amide bonds. The third-order valence-corrected chi connectivity index (χ3v) is 3.40. The van der Waals surface area contributed by atoms with Crippen molar-refractivity contribution in [1.29, 1.82) is 5.26 Å². The maximum Gasteiger partial charge on any atom is 0.221 e. The van der Waals surface area contributed by atoms with Gasteiger partial charge in [0.1, 0.15) is 0 Å². The number of nitriles is 1.